The van der Waals surface area contributed by atoms with Crippen molar-refractivity contribution in [1.29, 1.82) is 0 Å². The molecule has 192 valence electrons. The number of esters is 2. The lowest BCUT2D eigenvalue weighted by atomic mass is 9.82. The van der Waals surface area contributed by atoms with Crippen LogP contribution < -0.4 is 28.4 Å². The normalized spacial score (nSPS) is 11.3. The van der Waals surface area contributed by atoms with Gasteiger partial charge in [0, 0.05) is 23.6 Å². The van der Waals surface area contributed by atoms with Gasteiger partial charge in [-0.15, -0.1) is 0 Å². The van der Waals surface area contributed by atoms with Crippen LogP contribution in [0.4, 0.5) is 0 Å². The Morgan fingerprint density at radius 2 is 1.09 bits per heavy atom. The topological polar surface area (TPSA) is 108 Å². The highest BCUT2D eigenvalue weighted by Gasteiger charge is 2.36. The van der Waals surface area contributed by atoms with Gasteiger partial charge in [-0.3, -0.25) is 9.59 Å². The molecular formula is C25H32O10. The summed E-state index contributed by atoms with van der Waals surface area (Å²) in [6, 6.07) is 6.85. The third-order valence-electron chi connectivity index (χ3n) is 5.63. The lowest BCUT2D eigenvalue weighted by Gasteiger charge is -2.26. The summed E-state index contributed by atoms with van der Waals surface area (Å²) in [4.78, 5) is 25.2. The van der Waals surface area contributed by atoms with Crippen LogP contribution in [-0.2, 0) is 19.1 Å². The summed E-state index contributed by atoms with van der Waals surface area (Å²) in [5.41, 5.74) is 1.21. The van der Waals surface area contributed by atoms with Gasteiger partial charge < -0.3 is 37.9 Å². The summed E-state index contributed by atoms with van der Waals surface area (Å²) in [5, 5.41) is 0. The van der Waals surface area contributed by atoms with Gasteiger partial charge in [-0.2, -0.15) is 0 Å². The van der Waals surface area contributed by atoms with E-state index >= 15 is 0 Å². The van der Waals surface area contributed by atoms with Crippen LogP contribution in [0.2, 0.25) is 0 Å². The van der Waals surface area contributed by atoms with E-state index in [4.69, 9.17) is 37.9 Å². The molecule has 0 heterocycles. The third kappa shape index (κ3) is 5.82. The maximum Gasteiger partial charge on any atom is 0.320 e. The zero-order valence-corrected chi connectivity index (χ0v) is 21.3. The maximum atomic E-state index is 12.6. The molecule has 0 saturated carbocycles. The predicted octanol–water partition coefficient (Wildman–Crippen LogP) is 3.22. The second kappa shape index (κ2) is 12.6. The van der Waals surface area contributed by atoms with Crippen LogP contribution in [-0.4, -0.2) is 68.8 Å². The van der Waals surface area contributed by atoms with Gasteiger partial charge in [0.05, 0.1) is 56.9 Å². The van der Waals surface area contributed by atoms with Crippen molar-refractivity contribution >= 4 is 11.9 Å². The van der Waals surface area contributed by atoms with Crippen molar-refractivity contribution in [2.45, 2.75) is 12.3 Å². The smallest absolute Gasteiger partial charge is 0.320 e. The van der Waals surface area contributed by atoms with Gasteiger partial charge in [-0.05, 0) is 24.1 Å². The Morgan fingerprint density at radius 3 is 1.43 bits per heavy atom. The second-order valence-electron chi connectivity index (χ2n) is 7.29. The minimum absolute atomic E-state index is 0.0307. The summed E-state index contributed by atoms with van der Waals surface area (Å²) >= 11 is 0. The average molecular weight is 493 g/mol. The number of hydrogen-bond donors (Lipinski definition) is 0. The molecule has 0 N–H and O–H groups in total. The van der Waals surface area contributed by atoms with E-state index in [1.807, 2.05) is 0 Å². The van der Waals surface area contributed by atoms with Crippen LogP contribution >= 0.6 is 0 Å². The molecule has 2 rings (SSSR count). The molecule has 10 nitrogen and oxygen atoms in total. The molecule has 0 aliphatic heterocycles. The number of benzene rings is 2. The molecule has 35 heavy (non-hydrogen) atoms. The molecule has 0 aliphatic rings. The van der Waals surface area contributed by atoms with Crippen LogP contribution in [0.25, 0.3) is 0 Å². The van der Waals surface area contributed by atoms with Crippen molar-refractivity contribution in [3.63, 3.8) is 0 Å². The van der Waals surface area contributed by atoms with Gasteiger partial charge in [-0.1, -0.05) is 0 Å². The Balaban J connectivity index is 2.88. The Hall–Kier alpha value is -3.82. The zero-order valence-electron chi connectivity index (χ0n) is 21.3. The first-order valence-corrected chi connectivity index (χ1v) is 10.6. The summed E-state index contributed by atoms with van der Waals surface area (Å²) < 4.78 is 43.0. The van der Waals surface area contributed by atoms with Crippen LogP contribution in [0.1, 0.15) is 23.5 Å². The molecule has 0 saturated heterocycles. The molecule has 0 amide bonds. The molecule has 10 heteroatoms. The van der Waals surface area contributed by atoms with Crippen molar-refractivity contribution in [2.75, 3.05) is 56.9 Å². The van der Waals surface area contributed by atoms with Gasteiger partial charge in [0.15, 0.2) is 17.4 Å². The Labute approximate surface area is 204 Å². The summed E-state index contributed by atoms with van der Waals surface area (Å²) in [6.07, 6.45) is -0.0307. The van der Waals surface area contributed by atoms with Crippen molar-refractivity contribution in [1.82, 2.24) is 0 Å². The molecule has 2 aromatic carbocycles. The Bertz CT molecular complexity index is 967. The quantitative estimate of drug-likeness (QED) is 0.324. The molecule has 0 aromatic heterocycles. The molecular weight excluding hydrogens is 460 g/mol. The van der Waals surface area contributed by atoms with Gasteiger partial charge in [0.2, 0.25) is 5.75 Å². The highest BCUT2D eigenvalue weighted by atomic mass is 16.5. The summed E-state index contributed by atoms with van der Waals surface area (Å²) in [6.45, 7) is 0. The molecule has 0 aliphatic carbocycles. The van der Waals surface area contributed by atoms with Crippen molar-refractivity contribution < 1.29 is 47.5 Å². The Morgan fingerprint density at radius 1 is 0.629 bits per heavy atom. The van der Waals surface area contributed by atoms with E-state index in [9.17, 15) is 9.59 Å². The number of methoxy groups -OCH3 is 8. The molecule has 0 spiro atoms. The van der Waals surface area contributed by atoms with Crippen LogP contribution in [0.15, 0.2) is 24.3 Å². The van der Waals surface area contributed by atoms with Crippen LogP contribution in [0, 0.1) is 5.92 Å². The molecule has 2 aromatic rings. The average Bonchev–Trinajstić information content (AvgIpc) is 2.91. The number of carbonyl (C=O) groups is 2. The first-order valence-electron chi connectivity index (χ1n) is 10.6. The first kappa shape index (κ1) is 27.4. The third-order valence-corrected chi connectivity index (χ3v) is 5.63. The number of rotatable bonds is 12. The summed E-state index contributed by atoms with van der Waals surface area (Å²) in [5.74, 6) is -0.805. The SMILES string of the molecule is COC(=O)C(CC(c1cc(OC)c(OC)c(OC)c1)c1c(OC)cc(OC)cc1OC)C(=O)OC. The van der Waals surface area contributed by atoms with E-state index in [-0.39, 0.29) is 6.42 Å². The number of hydrogen-bond acceptors (Lipinski definition) is 10. The van der Waals surface area contributed by atoms with Crippen LogP contribution in [0.3, 0.4) is 0 Å². The van der Waals surface area contributed by atoms with E-state index in [0.29, 0.717) is 45.6 Å². The minimum Gasteiger partial charge on any atom is -0.496 e. The molecule has 1 unspecified atom stereocenters. The van der Waals surface area contributed by atoms with E-state index in [2.05, 4.69) is 0 Å². The van der Waals surface area contributed by atoms with Crippen LogP contribution in [0.5, 0.6) is 34.5 Å². The highest BCUT2D eigenvalue weighted by molar-refractivity contribution is 5.95. The number of ether oxygens (including phenoxy) is 8. The maximum absolute atomic E-state index is 12.6. The second-order valence-corrected chi connectivity index (χ2v) is 7.29. The van der Waals surface area contributed by atoms with Gasteiger partial charge in [-0.25, -0.2) is 0 Å². The lowest BCUT2D eigenvalue weighted by molar-refractivity contribution is -0.159. The monoisotopic (exact) mass is 492 g/mol. The van der Waals surface area contributed by atoms with E-state index in [1.165, 1.54) is 56.9 Å². The molecule has 0 bridgehead atoms. The highest BCUT2D eigenvalue weighted by Crippen LogP contribution is 2.48. The lowest BCUT2D eigenvalue weighted by Crippen LogP contribution is -2.29. The summed E-state index contributed by atoms with van der Waals surface area (Å²) in [7, 11) is 11.4. The fraction of sp³-hybridized carbons (Fsp3) is 0.440. The van der Waals surface area contributed by atoms with E-state index in [0.717, 1.165) is 0 Å². The Kier molecular flexibility index (Phi) is 9.86. The van der Waals surface area contributed by atoms with Gasteiger partial charge >= 0.3 is 11.9 Å². The number of carbonyl (C=O) groups excluding carboxylic acids is 2. The van der Waals surface area contributed by atoms with Gasteiger partial charge in [0.25, 0.3) is 0 Å². The van der Waals surface area contributed by atoms with E-state index < -0.39 is 23.8 Å². The molecule has 1 atom stereocenters. The fourth-order valence-electron chi connectivity index (χ4n) is 3.91. The predicted molar refractivity (Wildman–Crippen MR) is 126 cm³/mol. The minimum atomic E-state index is -1.23. The largest absolute Gasteiger partial charge is 0.496 e. The van der Waals surface area contributed by atoms with Crippen molar-refractivity contribution in [3.8, 4) is 34.5 Å². The van der Waals surface area contributed by atoms with Gasteiger partial charge in [0.1, 0.15) is 17.2 Å². The zero-order chi connectivity index (χ0) is 26.1. The standard InChI is InChI=1S/C25H32O10/c1-28-15-11-18(29-2)22(19(12-15)30-3)16(13-17(24(26)34-7)25(27)35-8)14-9-20(31-4)23(33-6)21(10-14)32-5/h9-12,16-17H,13H2,1-8H3. The van der Waals surface area contributed by atoms with Crippen molar-refractivity contribution in [3.05, 3.63) is 35.4 Å². The van der Waals surface area contributed by atoms with Crippen molar-refractivity contribution in [2.24, 2.45) is 5.92 Å². The fourth-order valence-corrected chi connectivity index (χ4v) is 3.91. The van der Waals surface area contributed by atoms with E-state index in [1.54, 1.807) is 24.3 Å². The molecule has 0 radical (unpaired) electrons. The first-order chi connectivity index (χ1) is 16.8. The molecule has 0 fully saturated rings.